The summed E-state index contributed by atoms with van der Waals surface area (Å²) in [5.74, 6) is -1.77. The minimum absolute atomic E-state index is 0.0395. The first kappa shape index (κ1) is 25.5. The van der Waals surface area contributed by atoms with Gasteiger partial charge in [-0.15, -0.1) is 0 Å². The fourth-order valence-electron chi connectivity index (χ4n) is 3.22. The van der Waals surface area contributed by atoms with Crippen LogP contribution in [0.15, 0.2) is 54.6 Å². The summed E-state index contributed by atoms with van der Waals surface area (Å²) < 4.78 is 0. The third-order valence-electron chi connectivity index (χ3n) is 5.04. The van der Waals surface area contributed by atoms with Crippen molar-refractivity contribution in [3.05, 3.63) is 71.3 Å². The van der Waals surface area contributed by atoms with Crippen molar-refractivity contribution in [3.8, 4) is 0 Å². The summed E-state index contributed by atoms with van der Waals surface area (Å²) in [6.07, 6.45) is 0.926. The molecule has 0 aliphatic heterocycles. The Morgan fingerprint density at radius 2 is 1.55 bits per heavy atom. The molecule has 33 heavy (non-hydrogen) atoms. The maximum Gasteiger partial charge on any atom is 0.243 e. The largest absolute Gasteiger partial charge is 0.350 e. The third-order valence-corrected chi connectivity index (χ3v) is 5.04. The van der Waals surface area contributed by atoms with Gasteiger partial charge in [-0.25, -0.2) is 0 Å². The molecule has 0 fully saturated rings. The summed E-state index contributed by atoms with van der Waals surface area (Å²) in [5, 5.41) is 15.2. The third kappa shape index (κ3) is 9.06. The van der Waals surface area contributed by atoms with Gasteiger partial charge in [0.05, 0.1) is 6.21 Å². The van der Waals surface area contributed by atoms with Gasteiger partial charge in [0.25, 0.3) is 0 Å². The molecule has 0 aliphatic rings. The van der Waals surface area contributed by atoms with E-state index in [0.29, 0.717) is 6.21 Å². The molecular formula is C25H30N4O4. The van der Waals surface area contributed by atoms with Crippen molar-refractivity contribution >= 4 is 29.7 Å². The van der Waals surface area contributed by atoms with Crippen LogP contribution in [0, 0.1) is 12.3 Å². The number of rotatable bonds is 12. The highest BCUT2D eigenvalue weighted by Crippen LogP contribution is 2.07. The Kier molecular flexibility index (Phi) is 9.95. The van der Waals surface area contributed by atoms with E-state index in [1.807, 2.05) is 61.5 Å². The van der Waals surface area contributed by atoms with Gasteiger partial charge in [-0.2, -0.15) is 0 Å². The Morgan fingerprint density at radius 3 is 2.15 bits per heavy atom. The summed E-state index contributed by atoms with van der Waals surface area (Å²) >= 11 is 0. The number of carbonyl (C=O) groups is 4. The Bertz CT molecular complexity index is 974. The van der Waals surface area contributed by atoms with E-state index in [2.05, 4.69) is 16.0 Å². The maximum atomic E-state index is 13.0. The van der Waals surface area contributed by atoms with Crippen molar-refractivity contribution < 1.29 is 19.2 Å². The molecule has 8 heteroatoms. The number of hydrogen-bond donors (Lipinski definition) is 4. The van der Waals surface area contributed by atoms with E-state index in [1.165, 1.54) is 6.92 Å². The first-order chi connectivity index (χ1) is 15.8. The molecule has 0 unspecified atom stereocenters. The average molecular weight is 451 g/mol. The Labute approximate surface area is 193 Å². The molecular weight excluding hydrogens is 420 g/mol. The first-order valence-electron chi connectivity index (χ1n) is 10.8. The number of amides is 3. The normalized spacial score (nSPS) is 12.2. The van der Waals surface area contributed by atoms with E-state index in [9.17, 15) is 19.2 Å². The molecule has 2 aromatic rings. The van der Waals surface area contributed by atoms with Crippen LogP contribution in [0.2, 0.25) is 0 Å². The van der Waals surface area contributed by atoms with Crippen molar-refractivity contribution in [2.45, 2.75) is 51.7 Å². The maximum absolute atomic E-state index is 13.0. The van der Waals surface area contributed by atoms with Gasteiger partial charge in [-0.3, -0.25) is 19.2 Å². The number of Topliss-reactive ketones (excluding diaryl/α,β-unsaturated/α-hetero) is 1. The van der Waals surface area contributed by atoms with Crippen LogP contribution in [0.25, 0.3) is 0 Å². The van der Waals surface area contributed by atoms with E-state index < -0.39 is 29.7 Å². The van der Waals surface area contributed by atoms with E-state index >= 15 is 0 Å². The van der Waals surface area contributed by atoms with Gasteiger partial charge < -0.3 is 21.4 Å². The van der Waals surface area contributed by atoms with Crippen molar-refractivity contribution in [1.29, 1.82) is 5.41 Å². The zero-order valence-corrected chi connectivity index (χ0v) is 18.9. The van der Waals surface area contributed by atoms with Crippen LogP contribution in [0.4, 0.5) is 0 Å². The summed E-state index contributed by atoms with van der Waals surface area (Å²) in [4.78, 5) is 49.1. The minimum Gasteiger partial charge on any atom is -0.350 e. The zero-order chi connectivity index (χ0) is 24.2. The van der Waals surface area contributed by atoms with Gasteiger partial charge in [0.1, 0.15) is 12.1 Å². The van der Waals surface area contributed by atoms with Crippen LogP contribution in [0.3, 0.4) is 0 Å². The molecule has 0 radical (unpaired) electrons. The average Bonchev–Trinajstić information content (AvgIpc) is 2.80. The Morgan fingerprint density at radius 1 is 0.879 bits per heavy atom. The van der Waals surface area contributed by atoms with Crippen LogP contribution >= 0.6 is 0 Å². The van der Waals surface area contributed by atoms with Gasteiger partial charge in [-0.1, -0.05) is 60.2 Å². The predicted octanol–water partition coefficient (Wildman–Crippen LogP) is 1.84. The molecule has 2 atom stereocenters. The number of ketones is 1. The number of nitrogens with one attached hydrogen (secondary N) is 4. The summed E-state index contributed by atoms with van der Waals surface area (Å²) in [6, 6.07) is 15.0. The van der Waals surface area contributed by atoms with Gasteiger partial charge in [0.2, 0.25) is 17.7 Å². The lowest BCUT2D eigenvalue weighted by molar-refractivity contribution is -0.132. The number of benzene rings is 2. The lowest BCUT2D eigenvalue weighted by Crippen LogP contribution is -2.54. The van der Waals surface area contributed by atoms with Gasteiger partial charge >= 0.3 is 0 Å². The van der Waals surface area contributed by atoms with Crippen LogP contribution in [0.5, 0.6) is 0 Å². The molecule has 0 heterocycles. The Hall–Kier alpha value is -3.81. The number of carbonyl (C=O) groups excluding carboxylic acids is 4. The molecule has 2 rings (SSSR count). The van der Waals surface area contributed by atoms with Crippen LogP contribution in [-0.2, 0) is 32.1 Å². The molecule has 2 aromatic carbocycles. The highest BCUT2D eigenvalue weighted by molar-refractivity contribution is 6.26. The molecule has 8 nitrogen and oxygen atoms in total. The molecule has 174 valence electrons. The predicted molar refractivity (Wildman–Crippen MR) is 126 cm³/mol. The fourth-order valence-corrected chi connectivity index (χ4v) is 3.22. The van der Waals surface area contributed by atoms with Gasteiger partial charge in [-0.05, 0) is 24.5 Å². The minimum atomic E-state index is -0.987. The molecule has 0 spiro atoms. The molecule has 0 aromatic heterocycles. The van der Waals surface area contributed by atoms with Crippen LogP contribution in [0.1, 0.15) is 36.5 Å². The molecule has 0 saturated carbocycles. The lowest BCUT2D eigenvalue weighted by atomic mass is 10.0. The van der Waals surface area contributed by atoms with Gasteiger partial charge in [0.15, 0.2) is 5.78 Å². The summed E-state index contributed by atoms with van der Waals surface area (Å²) in [6.45, 7) is 3.55. The van der Waals surface area contributed by atoms with Crippen molar-refractivity contribution in [2.75, 3.05) is 0 Å². The Balaban J connectivity index is 2.10. The molecule has 3 amide bonds. The quantitative estimate of drug-likeness (QED) is 0.368. The highest BCUT2D eigenvalue weighted by atomic mass is 16.2. The molecule has 0 bridgehead atoms. The van der Waals surface area contributed by atoms with E-state index in [-0.39, 0.29) is 31.7 Å². The first-order valence-corrected chi connectivity index (χ1v) is 10.8. The second-order valence-electron chi connectivity index (χ2n) is 7.86. The van der Waals surface area contributed by atoms with Crippen LogP contribution in [-0.4, -0.2) is 41.8 Å². The number of hydrogen-bond acceptors (Lipinski definition) is 5. The van der Waals surface area contributed by atoms with E-state index in [1.54, 1.807) is 0 Å². The summed E-state index contributed by atoms with van der Waals surface area (Å²) in [7, 11) is 0. The highest BCUT2D eigenvalue weighted by Gasteiger charge is 2.26. The summed E-state index contributed by atoms with van der Waals surface area (Å²) in [5.41, 5.74) is 2.85. The van der Waals surface area contributed by atoms with Crippen molar-refractivity contribution in [2.24, 2.45) is 0 Å². The van der Waals surface area contributed by atoms with Gasteiger partial charge in [0, 0.05) is 26.3 Å². The molecule has 0 aliphatic carbocycles. The zero-order valence-electron chi connectivity index (χ0n) is 18.9. The van der Waals surface area contributed by atoms with E-state index in [4.69, 9.17) is 5.41 Å². The smallest absolute Gasteiger partial charge is 0.243 e. The lowest BCUT2D eigenvalue weighted by Gasteiger charge is -2.23. The number of aryl methyl sites for hydroxylation is 1. The monoisotopic (exact) mass is 450 g/mol. The molecule has 0 saturated heterocycles. The second-order valence-corrected chi connectivity index (χ2v) is 7.86. The van der Waals surface area contributed by atoms with Crippen LogP contribution < -0.4 is 16.0 Å². The van der Waals surface area contributed by atoms with Crippen molar-refractivity contribution in [1.82, 2.24) is 16.0 Å². The second kappa shape index (κ2) is 12.9. The standard InChI is InChI=1S/C25H30N4O4/c1-17-8-10-20(11-9-17)16-27-24(32)22(13-12-21(31)15-26)29-25(33)23(28-18(2)30)14-19-6-4-3-5-7-19/h3-11,15,22-23,26H,12-14,16H2,1-2H3,(H,27,32)(H,28,30)(H,29,33)/t22-,23-/m0/s1. The van der Waals surface area contributed by atoms with Crippen molar-refractivity contribution in [3.63, 3.8) is 0 Å². The molecule has 4 N–H and O–H groups in total. The fraction of sp³-hybridized carbons (Fsp3) is 0.320. The van der Waals surface area contributed by atoms with E-state index in [0.717, 1.165) is 16.7 Å². The SMILES string of the molecule is CC(=O)N[C@@H](Cc1ccccc1)C(=O)N[C@@H](CCC(=O)C=N)C(=O)NCc1ccc(C)cc1. The topological polar surface area (TPSA) is 128 Å².